The van der Waals surface area contributed by atoms with Gasteiger partial charge < -0.3 is 10.2 Å². The molecule has 1 aliphatic carbocycles. The number of rotatable bonds is 2. The van der Waals surface area contributed by atoms with E-state index in [4.69, 9.17) is 0 Å². The van der Waals surface area contributed by atoms with Gasteiger partial charge in [0.2, 0.25) is 0 Å². The van der Waals surface area contributed by atoms with Crippen molar-refractivity contribution in [2.75, 3.05) is 0 Å². The maximum atomic E-state index is 11.9. The number of carboxylic acids is 1. The Morgan fingerprint density at radius 3 is 2.20 bits per heavy atom. The van der Waals surface area contributed by atoms with Crippen LogP contribution in [0.3, 0.4) is 0 Å². The van der Waals surface area contributed by atoms with Gasteiger partial charge in [-0.25, -0.2) is 0 Å². The second-order valence-electron chi connectivity index (χ2n) is 7.00. The molecule has 2 rings (SSSR count). The van der Waals surface area contributed by atoms with Crippen LogP contribution in [0, 0.1) is 6.92 Å². The van der Waals surface area contributed by atoms with Crippen LogP contribution in [0.2, 0.25) is 0 Å². The van der Waals surface area contributed by atoms with Crippen LogP contribution in [0.1, 0.15) is 63.1 Å². The number of hydrogen-bond donors (Lipinski definition) is 2. The van der Waals surface area contributed by atoms with E-state index in [-0.39, 0.29) is 11.2 Å². The highest BCUT2D eigenvalue weighted by Crippen LogP contribution is 2.48. The van der Waals surface area contributed by atoms with Crippen LogP contribution in [0.15, 0.2) is 12.1 Å². The standard InChI is InChI=1S/C17H24O3/c1-11-7-8-12(16(2,3)4)14(18)13(11)17(15(19)20)9-5-6-10-17/h7-8,18H,5-6,9-10H2,1-4H3,(H,19,20). The van der Waals surface area contributed by atoms with Gasteiger partial charge in [-0.1, -0.05) is 45.7 Å². The van der Waals surface area contributed by atoms with Crippen LogP contribution in [0.5, 0.6) is 5.75 Å². The Hall–Kier alpha value is -1.51. The Labute approximate surface area is 120 Å². The van der Waals surface area contributed by atoms with Gasteiger partial charge in [0.1, 0.15) is 5.75 Å². The molecule has 0 heterocycles. The fourth-order valence-corrected chi connectivity index (χ4v) is 3.45. The maximum absolute atomic E-state index is 11.9. The summed E-state index contributed by atoms with van der Waals surface area (Å²) in [5.41, 5.74) is 1.22. The number of aliphatic carboxylic acids is 1. The third kappa shape index (κ3) is 2.19. The van der Waals surface area contributed by atoms with Gasteiger partial charge in [-0.15, -0.1) is 0 Å². The van der Waals surface area contributed by atoms with E-state index in [2.05, 4.69) is 0 Å². The monoisotopic (exact) mass is 276 g/mol. The Bertz CT molecular complexity index is 532. The van der Waals surface area contributed by atoms with Crippen LogP contribution < -0.4 is 0 Å². The summed E-state index contributed by atoms with van der Waals surface area (Å²) in [7, 11) is 0. The summed E-state index contributed by atoms with van der Waals surface area (Å²) in [6.45, 7) is 7.99. The average molecular weight is 276 g/mol. The Morgan fingerprint density at radius 2 is 1.75 bits per heavy atom. The van der Waals surface area contributed by atoms with E-state index < -0.39 is 11.4 Å². The summed E-state index contributed by atoms with van der Waals surface area (Å²) >= 11 is 0. The second kappa shape index (κ2) is 4.80. The summed E-state index contributed by atoms with van der Waals surface area (Å²) in [5.74, 6) is -0.624. The van der Waals surface area contributed by atoms with Crippen molar-refractivity contribution < 1.29 is 15.0 Å². The highest BCUT2D eigenvalue weighted by Gasteiger charge is 2.46. The number of carboxylic acid groups (broad SMARTS) is 1. The minimum absolute atomic E-state index is 0.182. The highest BCUT2D eigenvalue weighted by atomic mass is 16.4. The van der Waals surface area contributed by atoms with E-state index in [1.54, 1.807) is 0 Å². The maximum Gasteiger partial charge on any atom is 0.314 e. The number of hydrogen-bond acceptors (Lipinski definition) is 2. The van der Waals surface area contributed by atoms with E-state index in [0.717, 1.165) is 24.0 Å². The van der Waals surface area contributed by atoms with E-state index >= 15 is 0 Å². The topological polar surface area (TPSA) is 57.5 Å². The van der Waals surface area contributed by atoms with Gasteiger partial charge in [0.25, 0.3) is 0 Å². The molecule has 110 valence electrons. The molecule has 0 aromatic heterocycles. The third-order valence-corrected chi connectivity index (χ3v) is 4.54. The largest absolute Gasteiger partial charge is 0.507 e. The molecule has 0 spiro atoms. The molecule has 20 heavy (non-hydrogen) atoms. The minimum Gasteiger partial charge on any atom is -0.507 e. The Kier molecular flexibility index (Phi) is 3.57. The zero-order valence-electron chi connectivity index (χ0n) is 12.8. The molecule has 0 bridgehead atoms. The molecule has 1 saturated carbocycles. The van der Waals surface area contributed by atoms with Crippen molar-refractivity contribution in [1.29, 1.82) is 0 Å². The van der Waals surface area contributed by atoms with Crippen LogP contribution in [0.25, 0.3) is 0 Å². The molecule has 0 atom stereocenters. The number of carbonyl (C=O) groups is 1. The molecule has 1 aliphatic rings. The normalized spacial score (nSPS) is 18.2. The van der Waals surface area contributed by atoms with Crippen molar-refractivity contribution in [1.82, 2.24) is 0 Å². The zero-order valence-corrected chi connectivity index (χ0v) is 12.8. The predicted octanol–water partition coefficient (Wildman–Crippen LogP) is 3.89. The van der Waals surface area contributed by atoms with Gasteiger partial charge >= 0.3 is 5.97 Å². The summed E-state index contributed by atoms with van der Waals surface area (Å²) in [4.78, 5) is 11.9. The molecule has 2 N–H and O–H groups in total. The average Bonchev–Trinajstić information content (AvgIpc) is 2.77. The Morgan fingerprint density at radius 1 is 1.20 bits per heavy atom. The molecular formula is C17H24O3. The quantitative estimate of drug-likeness (QED) is 0.861. The fourth-order valence-electron chi connectivity index (χ4n) is 3.45. The minimum atomic E-state index is -0.907. The Balaban J connectivity index is 2.70. The zero-order chi connectivity index (χ0) is 15.1. The molecule has 0 radical (unpaired) electrons. The molecule has 0 aliphatic heterocycles. The van der Waals surface area contributed by atoms with Crippen LogP contribution in [-0.2, 0) is 15.6 Å². The summed E-state index contributed by atoms with van der Waals surface area (Å²) in [5, 5.41) is 20.5. The number of phenols is 1. The third-order valence-electron chi connectivity index (χ3n) is 4.54. The van der Waals surface area contributed by atoms with Crippen LogP contribution in [0.4, 0.5) is 0 Å². The number of phenolic OH excluding ortho intramolecular Hbond substituents is 1. The number of benzene rings is 1. The smallest absolute Gasteiger partial charge is 0.314 e. The van der Waals surface area contributed by atoms with Crippen molar-refractivity contribution in [3.63, 3.8) is 0 Å². The summed E-state index contributed by atoms with van der Waals surface area (Å²) < 4.78 is 0. The van der Waals surface area contributed by atoms with Crippen LogP contribution >= 0.6 is 0 Å². The fraction of sp³-hybridized carbons (Fsp3) is 0.588. The summed E-state index contributed by atoms with van der Waals surface area (Å²) in [6, 6.07) is 3.86. The molecule has 3 nitrogen and oxygen atoms in total. The number of aromatic hydroxyl groups is 1. The number of aryl methyl sites for hydroxylation is 1. The van der Waals surface area contributed by atoms with E-state index in [9.17, 15) is 15.0 Å². The van der Waals surface area contributed by atoms with E-state index in [1.807, 2.05) is 39.8 Å². The van der Waals surface area contributed by atoms with Crippen molar-refractivity contribution in [3.8, 4) is 5.75 Å². The van der Waals surface area contributed by atoms with Gasteiger partial charge in [0.15, 0.2) is 0 Å². The summed E-state index contributed by atoms with van der Waals surface area (Å²) in [6.07, 6.45) is 3.05. The SMILES string of the molecule is Cc1ccc(C(C)(C)C)c(O)c1C1(C(=O)O)CCCC1. The lowest BCUT2D eigenvalue weighted by Gasteiger charge is -2.30. The predicted molar refractivity (Wildman–Crippen MR) is 79.3 cm³/mol. The van der Waals surface area contributed by atoms with Gasteiger partial charge in [0, 0.05) is 5.56 Å². The molecule has 0 unspecified atom stereocenters. The van der Waals surface area contributed by atoms with Crippen molar-refractivity contribution >= 4 is 5.97 Å². The van der Waals surface area contributed by atoms with Crippen molar-refractivity contribution in [2.24, 2.45) is 0 Å². The first-order valence-electron chi connectivity index (χ1n) is 7.27. The van der Waals surface area contributed by atoms with E-state index in [1.165, 1.54) is 0 Å². The van der Waals surface area contributed by atoms with Gasteiger partial charge in [-0.05, 0) is 36.3 Å². The van der Waals surface area contributed by atoms with Gasteiger partial charge in [-0.3, -0.25) is 4.79 Å². The first-order valence-corrected chi connectivity index (χ1v) is 7.27. The van der Waals surface area contributed by atoms with Crippen molar-refractivity contribution in [3.05, 3.63) is 28.8 Å². The first-order chi connectivity index (χ1) is 9.20. The lowest BCUT2D eigenvalue weighted by molar-refractivity contribution is -0.143. The lowest BCUT2D eigenvalue weighted by Crippen LogP contribution is -2.34. The van der Waals surface area contributed by atoms with Crippen molar-refractivity contribution in [2.45, 2.75) is 64.2 Å². The molecule has 1 aromatic rings. The molecule has 0 amide bonds. The van der Waals surface area contributed by atoms with Gasteiger partial charge in [0.05, 0.1) is 5.41 Å². The molecular weight excluding hydrogens is 252 g/mol. The molecule has 0 saturated heterocycles. The first kappa shape index (κ1) is 14.9. The van der Waals surface area contributed by atoms with Gasteiger partial charge in [-0.2, -0.15) is 0 Å². The lowest BCUT2D eigenvalue weighted by atomic mass is 9.73. The molecule has 3 heteroatoms. The molecule has 1 fully saturated rings. The van der Waals surface area contributed by atoms with Crippen LogP contribution in [-0.4, -0.2) is 16.2 Å². The van der Waals surface area contributed by atoms with E-state index in [0.29, 0.717) is 18.4 Å². The molecule has 1 aromatic carbocycles. The highest BCUT2D eigenvalue weighted by molar-refractivity contribution is 5.84. The second-order valence-corrected chi connectivity index (χ2v) is 7.00.